The highest BCUT2D eigenvalue weighted by atomic mass is 16.3. The van der Waals surface area contributed by atoms with Gasteiger partial charge in [-0.05, 0) is 217 Å². The maximum Gasteiger partial charge on any atom is 0.144 e. The molecule has 0 saturated heterocycles. The lowest BCUT2D eigenvalue weighted by Gasteiger charge is -2.36. The SMILES string of the molecule is CC1(C)c2cc(N(c3ccc4c(c3)C(c3ccccc3)(c3ccccc3)c3cc5c(cc3-4)C(c3ccccc3)(c3ccccc3)c3ccc4oc6ccccc6c4c3-5)c3ccc4c(c3)C3(c5ccccc5-c5ccccc53)c3ccccc3-4)ccc2-c2c1c1c(c3c2oc2ccccc23)-c2ccccc2C1(C)C. The van der Waals surface area contributed by atoms with Crippen LogP contribution < -0.4 is 4.90 Å². The van der Waals surface area contributed by atoms with Crippen LogP contribution in [0.25, 0.3) is 111 Å². The van der Waals surface area contributed by atoms with Gasteiger partial charge in [-0.2, -0.15) is 0 Å². The summed E-state index contributed by atoms with van der Waals surface area (Å²) in [4.78, 5) is 2.61. The summed E-state index contributed by atoms with van der Waals surface area (Å²) in [5.41, 5.74) is 39.4. The second-order valence-electron chi connectivity index (χ2n) is 31.9. The molecule has 3 nitrogen and oxygen atoms in total. The van der Waals surface area contributed by atoms with Gasteiger partial charge in [0.2, 0.25) is 0 Å². The van der Waals surface area contributed by atoms with Gasteiger partial charge in [-0.25, -0.2) is 0 Å². The van der Waals surface area contributed by atoms with E-state index in [-0.39, 0.29) is 5.41 Å². The lowest BCUT2D eigenvalue weighted by atomic mass is 9.66. The Morgan fingerprint density at radius 1 is 0.222 bits per heavy atom. The number of rotatable bonds is 7. The molecule has 0 amide bonds. The Bertz CT molecular complexity index is 6840. The van der Waals surface area contributed by atoms with E-state index in [1.54, 1.807) is 0 Å². The Labute approximate surface area is 626 Å². The fraction of sp³-hybridized carbons (Fsp3) is 0.0857. The Morgan fingerprint density at radius 3 is 1.15 bits per heavy atom. The maximum absolute atomic E-state index is 7.31. The number of benzene rings is 16. The molecule has 16 aromatic carbocycles. The second kappa shape index (κ2) is 21.1. The largest absolute Gasteiger partial charge is 0.456 e. The zero-order valence-electron chi connectivity index (χ0n) is 60.2. The van der Waals surface area contributed by atoms with Crippen LogP contribution in [0, 0.1) is 0 Å². The van der Waals surface area contributed by atoms with Crippen molar-refractivity contribution in [1.82, 2.24) is 0 Å². The van der Waals surface area contributed by atoms with Crippen LogP contribution in [0.1, 0.15) is 117 Å². The molecule has 0 bridgehead atoms. The molecule has 6 aliphatic carbocycles. The average molecular weight is 1380 g/mol. The molecule has 0 radical (unpaired) electrons. The first kappa shape index (κ1) is 60.2. The van der Waals surface area contributed by atoms with E-state index in [9.17, 15) is 0 Å². The van der Waals surface area contributed by atoms with E-state index in [1.165, 1.54) is 161 Å². The van der Waals surface area contributed by atoms with Crippen LogP contribution in [0.3, 0.4) is 0 Å². The predicted octanol–water partition coefficient (Wildman–Crippen LogP) is 26.6. The van der Waals surface area contributed by atoms with Gasteiger partial charge in [0.25, 0.3) is 0 Å². The standard InChI is InChI=1S/C105H69NO2/c1-101(2)80-43-23-20-40-74(80)95-96-77-42-22-28-48-91(77)108-100(96)97-75-54-51-66(57-85(75)102(3,4)99(97)98(95)101)106(68-49-52-72-71-39-19-26-46-83(71)105(87(72)59-68)81-44-24-17-37-69(81)70-38-18-25-45-82(70)105)67-50-53-73-78-60-89-79(61-88(78)104(86(73)58-67,64-33-13-7-14-34-64)65-35-15-8-16-36-65)93-84(55-56-92-94(93)76-41-21-27-47-90(76)107-92)103(89,62-29-9-5-10-30-62)63-31-11-6-12-32-63/h5-61H,1-4H3. The van der Waals surface area contributed by atoms with Crippen molar-refractivity contribution < 1.29 is 8.83 Å². The highest BCUT2D eigenvalue weighted by Gasteiger charge is 2.56. The van der Waals surface area contributed by atoms with E-state index >= 15 is 0 Å². The third kappa shape index (κ3) is 7.26. The van der Waals surface area contributed by atoms with Crippen molar-refractivity contribution in [2.75, 3.05) is 4.90 Å². The van der Waals surface area contributed by atoms with Gasteiger partial charge in [-0.15, -0.1) is 0 Å². The van der Waals surface area contributed by atoms with Crippen molar-refractivity contribution in [1.29, 1.82) is 0 Å². The summed E-state index contributed by atoms with van der Waals surface area (Å²) >= 11 is 0. The third-order valence-electron chi connectivity index (χ3n) is 26.4. The molecule has 0 atom stereocenters. The molecular formula is C105H69NO2. The van der Waals surface area contributed by atoms with Gasteiger partial charge in [0.05, 0.1) is 16.2 Å². The molecule has 6 aliphatic rings. The van der Waals surface area contributed by atoms with Gasteiger partial charge in [-0.1, -0.05) is 307 Å². The normalized spacial score (nSPS) is 15.6. The highest BCUT2D eigenvalue weighted by Crippen LogP contribution is 2.69. The molecule has 0 N–H and O–H groups in total. The van der Waals surface area contributed by atoms with Crippen LogP contribution in [-0.2, 0) is 27.1 Å². The molecule has 2 aromatic heterocycles. The summed E-state index contributed by atoms with van der Waals surface area (Å²) < 4.78 is 14.2. The number of hydrogen-bond donors (Lipinski definition) is 0. The fourth-order valence-electron chi connectivity index (χ4n) is 22.2. The van der Waals surface area contributed by atoms with E-state index in [0.717, 1.165) is 55.6 Å². The minimum atomic E-state index is -0.827. The molecule has 108 heavy (non-hydrogen) atoms. The Balaban J connectivity index is 0.800. The minimum absolute atomic E-state index is 0.299. The van der Waals surface area contributed by atoms with Crippen molar-refractivity contribution in [3.05, 3.63) is 435 Å². The van der Waals surface area contributed by atoms with Crippen LogP contribution in [-0.4, -0.2) is 0 Å². The number of para-hydroxylation sites is 2. The quantitative estimate of drug-likeness (QED) is 0.159. The number of furan rings is 2. The first-order chi connectivity index (χ1) is 53.1. The molecule has 1 spiro atoms. The zero-order chi connectivity index (χ0) is 71.3. The topological polar surface area (TPSA) is 29.5 Å². The van der Waals surface area contributed by atoms with Crippen molar-refractivity contribution >= 4 is 60.9 Å². The van der Waals surface area contributed by atoms with Gasteiger partial charge in [0.15, 0.2) is 0 Å². The summed E-state index contributed by atoms with van der Waals surface area (Å²) in [5.74, 6) is 0. The smallest absolute Gasteiger partial charge is 0.144 e. The molecule has 0 fully saturated rings. The van der Waals surface area contributed by atoms with Crippen LogP contribution in [0.2, 0.25) is 0 Å². The molecule has 0 aliphatic heterocycles. The maximum atomic E-state index is 7.31. The monoisotopic (exact) mass is 1380 g/mol. The van der Waals surface area contributed by atoms with E-state index in [0.29, 0.717) is 0 Å². The van der Waals surface area contributed by atoms with Crippen molar-refractivity contribution in [2.45, 2.75) is 54.8 Å². The summed E-state index contributed by atoms with van der Waals surface area (Å²) in [5, 5.41) is 4.61. The fourth-order valence-corrected chi connectivity index (χ4v) is 22.2. The Hall–Kier alpha value is -13.1. The number of nitrogens with zero attached hydrogens (tertiary/aromatic N) is 1. The predicted molar refractivity (Wildman–Crippen MR) is 442 cm³/mol. The van der Waals surface area contributed by atoms with Crippen molar-refractivity contribution in [3.8, 4) is 66.8 Å². The molecule has 18 aromatic rings. The molecule has 2 heterocycles. The molecule has 24 rings (SSSR count). The number of hydrogen-bond acceptors (Lipinski definition) is 3. The highest BCUT2D eigenvalue weighted by molar-refractivity contribution is 6.21. The third-order valence-corrected chi connectivity index (χ3v) is 26.4. The summed E-state index contributed by atoms with van der Waals surface area (Å²) in [7, 11) is 0. The average Bonchev–Trinajstić information content (AvgIpc) is 1.51. The molecule has 0 saturated carbocycles. The van der Waals surface area contributed by atoms with Crippen LogP contribution in [0.5, 0.6) is 0 Å². The Kier molecular flexibility index (Phi) is 11.8. The molecular weight excluding hydrogens is 1310 g/mol. The minimum Gasteiger partial charge on any atom is -0.456 e. The lowest BCUT2D eigenvalue weighted by molar-refractivity contribution is 0.600. The lowest BCUT2D eigenvalue weighted by Crippen LogP contribution is -2.30. The summed E-state index contributed by atoms with van der Waals surface area (Å²) in [6, 6.07) is 132. The molecule has 506 valence electrons. The number of anilines is 3. The van der Waals surface area contributed by atoms with E-state index < -0.39 is 21.7 Å². The van der Waals surface area contributed by atoms with Crippen molar-refractivity contribution in [2.24, 2.45) is 0 Å². The first-order valence-electron chi connectivity index (χ1n) is 38.1. The first-order valence-corrected chi connectivity index (χ1v) is 38.1. The zero-order valence-corrected chi connectivity index (χ0v) is 60.2. The van der Waals surface area contributed by atoms with E-state index in [2.05, 4.69) is 378 Å². The van der Waals surface area contributed by atoms with E-state index in [4.69, 9.17) is 8.83 Å². The number of fused-ring (bicyclic) bond motifs is 32. The van der Waals surface area contributed by atoms with Gasteiger partial charge in [-0.3, -0.25) is 0 Å². The Morgan fingerprint density at radius 2 is 0.593 bits per heavy atom. The van der Waals surface area contributed by atoms with Gasteiger partial charge < -0.3 is 13.7 Å². The second-order valence-corrected chi connectivity index (χ2v) is 31.9. The van der Waals surface area contributed by atoms with Gasteiger partial charge in [0.1, 0.15) is 22.3 Å². The van der Waals surface area contributed by atoms with Gasteiger partial charge in [0, 0.05) is 55.0 Å². The summed E-state index contributed by atoms with van der Waals surface area (Å²) in [6.45, 7) is 9.85. The van der Waals surface area contributed by atoms with Crippen LogP contribution in [0.4, 0.5) is 17.1 Å². The molecule has 0 unspecified atom stereocenters. The van der Waals surface area contributed by atoms with Crippen LogP contribution in [0.15, 0.2) is 355 Å². The van der Waals surface area contributed by atoms with Crippen LogP contribution >= 0.6 is 0 Å². The van der Waals surface area contributed by atoms with Crippen molar-refractivity contribution in [3.63, 3.8) is 0 Å². The van der Waals surface area contributed by atoms with E-state index in [1.807, 2.05) is 0 Å². The molecule has 3 heteroatoms. The summed E-state index contributed by atoms with van der Waals surface area (Å²) in [6.07, 6.45) is 0. The van der Waals surface area contributed by atoms with Gasteiger partial charge >= 0.3 is 0 Å².